The molecule has 0 saturated carbocycles. The number of aromatic nitrogens is 2. The fourth-order valence-corrected chi connectivity index (χ4v) is 3.45. The number of para-hydroxylation sites is 2. The summed E-state index contributed by atoms with van der Waals surface area (Å²) in [6.07, 6.45) is 0. The number of anilines is 1. The van der Waals surface area contributed by atoms with Crippen molar-refractivity contribution >= 4 is 21.7 Å². The molecule has 28 heavy (non-hydrogen) atoms. The van der Waals surface area contributed by atoms with Gasteiger partial charge in [0.1, 0.15) is 5.75 Å². The molecule has 0 aliphatic heterocycles. The number of carbonyl (C=O) groups is 1. The highest BCUT2D eigenvalue weighted by Gasteiger charge is 2.19. The van der Waals surface area contributed by atoms with Gasteiger partial charge in [0.2, 0.25) is 0 Å². The van der Waals surface area contributed by atoms with Gasteiger partial charge < -0.3 is 14.0 Å². The number of aryl methyl sites for hydroxylation is 1. The molecule has 0 amide bonds. The van der Waals surface area contributed by atoms with Crippen LogP contribution in [0.25, 0.3) is 0 Å². The van der Waals surface area contributed by atoms with Crippen molar-refractivity contribution in [2.45, 2.75) is 18.4 Å². The zero-order valence-electron chi connectivity index (χ0n) is 15.1. The first-order valence-corrected chi connectivity index (χ1v) is 9.59. The van der Waals surface area contributed by atoms with Crippen LogP contribution in [0.3, 0.4) is 0 Å². The molecule has 0 spiro atoms. The van der Waals surface area contributed by atoms with E-state index in [4.69, 9.17) is 14.0 Å². The Hall–Kier alpha value is -3.40. The van der Waals surface area contributed by atoms with E-state index >= 15 is 0 Å². The molecule has 1 heterocycles. The molecule has 0 aliphatic carbocycles. The van der Waals surface area contributed by atoms with Crippen molar-refractivity contribution in [2.24, 2.45) is 0 Å². The van der Waals surface area contributed by atoms with E-state index in [1.165, 1.54) is 31.4 Å². The summed E-state index contributed by atoms with van der Waals surface area (Å²) in [7, 11) is -2.51. The fraction of sp³-hybridized carbons (Fsp3) is 0.167. The number of hydrogen-bond donors (Lipinski definition) is 1. The van der Waals surface area contributed by atoms with E-state index < -0.39 is 16.0 Å². The highest BCUT2D eigenvalue weighted by molar-refractivity contribution is 7.92. The second kappa shape index (κ2) is 8.09. The number of rotatable bonds is 7. The molecule has 10 heteroatoms. The molecular weight excluding hydrogens is 386 g/mol. The quantitative estimate of drug-likeness (QED) is 0.598. The van der Waals surface area contributed by atoms with Crippen LogP contribution in [0.1, 0.15) is 22.1 Å². The lowest BCUT2D eigenvalue weighted by atomic mass is 10.2. The number of carbonyl (C=O) groups excluding carboxylic acids is 1. The Morgan fingerprint density at radius 2 is 1.96 bits per heavy atom. The molecular formula is C18H17N3O6S. The van der Waals surface area contributed by atoms with Gasteiger partial charge in [-0.15, -0.1) is 0 Å². The van der Waals surface area contributed by atoms with Crippen molar-refractivity contribution in [3.63, 3.8) is 0 Å². The summed E-state index contributed by atoms with van der Waals surface area (Å²) in [5.74, 6) is 0.218. The third kappa shape index (κ3) is 4.46. The largest absolute Gasteiger partial charge is 0.495 e. The molecule has 0 bridgehead atoms. The number of sulfonamides is 1. The molecule has 0 saturated heterocycles. The summed E-state index contributed by atoms with van der Waals surface area (Å²) in [5.41, 5.74) is 0.351. The Labute approximate surface area is 161 Å². The summed E-state index contributed by atoms with van der Waals surface area (Å²) in [6, 6.07) is 12.1. The molecule has 0 fully saturated rings. The van der Waals surface area contributed by atoms with Crippen LogP contribution < -0.4 is 9.46 Å². The van der Waals surface area contributed by atoms with Crippen molar-refractivity contribution < 1.29 is 27.2 Å². The minimum absolute atomic E-state index is 0.0686. The summed E-state index contributed by atoms with van der Waals surface area (Å²) < 4.78 is 42.9. The van der Waals surface area contributed by atoms with Gasteiger partial charge in [-0.3, -0.25) is 4.72 Å². The zero-order chi connectivity index (χ0) is 20.1. The first kappa shape index (κ1) is 19.4. The lowest BCUT2D eigenvalue weighted by molar-refractivity contribution is 0.0429. The van der Waals surface area contributed by atoms with E-state index in [1.807, 2.05) is 0 Å². The van der Waals surface area contributed by atoms with E-state index in [9.17, 15) is 13.2 Å². The van der Waals surface area contributed by atoms with Gasteiger partial charge in [-0.2, -0.15) is 4.98 Å². The summed E-state index contributed by atoms with van der Waals surface area (Å²) in [6.45, 7) is 1.42. The lowest BCUT2D eigenvalue weighted by Gasteiger charge is -2.12. The average molecular weight is 403 g/mol. The topological polar surface area (TPSA) is 121 Å². The first-order chi connectivity index (χ1) is 13.4. The van der Waals surface area contributed by atoms with Gasteiger partial charge in [0.25, 0.3) is 15.9 Å². The smallest absolute Gasteiger partial charge is 0.338 e. The minimum Gasteiger partial charge on any atom is -0.495 e. The predicted octanol–water partition coefficient (Wildman–Crippen LogP) is 2.54. The van der Waals surface area contributed by atoms with Crippen LogP contribution in [0, 0.1) is 6.92 Å². The molecule has 0 atom stereocenters. The molecule has 9 nitrogen and oxygen atoms in total. The van der Waals surface area contributed by atoms with Crippen LogP contribution in [-0.2, 0) is 21.4 Å². The first-order valence-electron chi connectivity index (χ1n) is 8.11. The average Bonchev–Trinajstić information content (AvgIpc) is 3.11. The maximum atomic E-state index is 12.7. The fourth-order valence-electron chi connectivity index (χ4n) is 2.33. The monoisotopic (exact) mass is 403 g/mol. The molecule has 146 valence electrons. The maximum absolute atomic E-state index is 12.7. The molecule has 1 N–H and O–H groups in total. The molecule has 1 aromatic heterocycles. The third-order valence-corrected chi connectivity index (χ3v) is 4.99. The Morgan fingerprint density at radius 3 is 2.68 bits per heavy atom. The number of nitrogens with zero attached hydrogens (tertiary/aromatic N) is 2. The Kier molecular flexibility index (Phi) is 5.59. The van der Waals surface area contributed by atoms with Gasteiger partial charge >= 0.3 is 5.97 Å². The normalized spacial score (nSPS) is 11.1. The van der Waals surface area contributed by atoms with Crippen molar-refractivity contribution in [3.8, 4) is 5.75 Å². The van der Waals surface area contributed by atoms with Crippen LogP contribution in [0.2, 0.25) is 0 Å². The number of hydrogen-bond acceptors (Lipinski definition) is 8. The molecule has 3 rings (SSSR count). The van der Waals surface area contributed by atoms with Gasteiger partial charge in [-0.05, 0) is 37.3 Å². The number of methoxy groups -OCH3 is 1. The predicted molar refractivity (Wildman–Crippen MR) is 98.4 cm³/mol. The second-order valence-corrected chi connectivity index (χ2v) is 7.33. The minimum atomic E-state index is -3.94. The maximum Gasteiger partial charge on any atom is 0.338 e. The van der Waals surface area contributed by atoms with E-state index in [1.54, 1.807) is 31.2 Å². The van der Waals surface area contributed by atoms with E-state index in [-0.39, 0.29) is 28.6 Å². The zero-order valence-corrected chi connectivity index (χ0v) is 15.9. The molecule has 0 aliphatic rings. The highest BCUT2D eigenvalue weighted by atomic mass is 32.2. The van der Waals surface area contributed by atoms with Crippen molar-refractivity contribution in [1.29, 1.82) is 0 Å². The van der Waals surface area contributed by atoms with Crippen LogP contribution in [0.5, 0.6) is 5.75 Å². The van der Waals surface area contributed by atoms with Crippen LogP contribution in [0.15, 0.2) is 57.9 Å². The Bertz CT molecular complexity index is 1090. The van der Waals surface area contributed by atoms with Crippen LogP contribution >= 0.6 is 0 Å². The highest BCUT2D eigenvalue weighted by Crippen LogP contribution is 2.26. The van der Waals surface area contributed by atoms with Crippen LogP contribution in [-0.4, -0.2) is 31.6 Å². The molecule has 2 aromatic carbocycles. The summed E-state index contributed by atoms with van der Waals surface area (Å²) >= 11 is 0. The van der Waals surface area contributed by atoms with Gasteiger partial charge in [-0.1, -0.05) is 23.4 Å². The molecule has 0 unspecified atom stereocenters. The van der Waals surface area contributed by atoms with Gasteiger partial charge in [0.15, 0.2) is 12.4 Å². The standard InChI is InChI=1S/C18H17N3O6S/c1-12-19-17(27-20-12)11-26-18(22)13-6-5-7-14(10-13)28(23,24)21-15-8-3-4-9-16(15)25-2/h3-10,21H,11H2,1-2H3. The van der Waals surface area contributed by atoms with Crippen molar-refractivity contribution in [3.05, 3.63) is 65.8 Å². The number of ether oxygens (including phenoxy) is 2. The number of esters is 1. The number of benzene rings is 2. The van der Waals surface area contributed by atoms with Gasteiger partial charge in [0.05, 0.1) is 23.3 Å². The van der Waals surface area contributed by atoms with Crippen molar-refractivity contribution in [2.75, 3.05) is 11.8 Å². The Balaban J connectivity index is 1.76. The van der Waals surface area contributed by atoms with Crippen molar-refractivity contribution in [1.82, 2.24) is 10.1 Å². The SMILES string of the molecule is COc1ccccc1NS(=O)(=O)c1cccc(C(=O)OCc2nc(C)no2)c1. The second-order valence-electron chi connectivity index (χ2n) is 5.65. The van der Waals surface area contributed by atoms with E-state index in [0.29, 0.717) is 11.6 Å². The molecule has 0 radical (unpaired) electrons. The van der Waals surface area contributed by atoms with E-state index in [0.717, 1.165) is 0 Å². The van der Waals surface area contributed by atoms with E-state index in [2.05, 4.69) is 14.9 Å². The summed E-state index contributed by atoms with van der Waals surface area (Å²) in [4.78, 5) is 16.0. The Morgan fingerprint density at radius 1 is 1.18 bits per heavy atom. The van der Waals surface area contributed by atoms with Gasteiger partial charge in [-0.25, -0.2) is 13.2 Å². The third-order valence-electron chi connectivity index (χ3n) is 3.63. The lowest BCUT2D eigenvalue weighted by Crippen LogP contribution is -2.15. The summed E-state index contributed by atoms with van der Waals surface area (Å²) in [5, 5.41) is 3.59. The van der Waals surface area contributed by atoms with Crippen LogP contribution in [0.4, 0.5) is 5.69 Å². The molecule has 3 aromatic rings. The number of nitrogens with one attached hydrogen (secondary N) is 1. The van der Waals surface area contributed by atoms with Gasteiger partial charge in [0, 0.05) is 0 Å².